The van der Waals surface area contributed by atoms with Gasteiger partial charge in [-0.25, -0.2) is 0 Å². The summed E-state index contributed by atoms with van der Waals surface area (Å²) in [7, 11) is 0. The van der Waals surface area contributed by atoms with Gasteiger partial charge in [0.2, 0.25) is 5.91 Å². The second kappa shape index (κ2) is 5.94. The first-order valence-electron chi connectivity index (χ1n) is 7.15. The third kappa shape index (κ3) is 3.38. The Morgan fingerprint density at radius 1 is 1.30 bits per heavy atom. The van der Waals surface area contributed by atoms with Crippen LogP contribution in [0.15, 0.2) is 30.3 Å². The molecule has 20 heavy (non-hydrogen) atoms. The zero-order valence-electron chi connectivity index (χ0n) is 12.3. The zero-order chi connectivity index (χ0) is 14.6. The molecule has 110 valence electrons. The van der Waals surface area contributed by atoms with Crippen LogP contribution in [0.1, 0.15) is 32.3 Å². The molecule has 1 aromatic rings. The van der Waals surface area contributed by atoms with E-state index in [2.05, 4.69) is 31.3 Å². The number of amides is 1. The Morgan fingerprint density at radius 2 is 1.90 bits per heavy atom. The quantitative estimate of drug-likeness (QED) is 0.877. The fourth-order valence-electron chi connectivity index (χ4n) is 2.43. The fraction of sp³-hybridized carbons (Fsp3) is 0.562. The van der Waals surface area contributed by atoms with Crippen molar-refractivity contribution in [3.63, 3.8) is 0 Å². The van der Waals surface area contributed by atoms with E-state index < -0.39 is 5.54 Å². The van der Waals surface area contributed by atoms with E-state index in [1.165, 1.54) is 5.56 Å². The van der Waals surface area contributed by atoms with Crippen LogP contribution in [0.5, 0.6) is 0 Å². The molecule has 1 aromatic carbocycles. The summed E-state index contributed by atoms with van der Waals surface area (Å²) in [5, 5.41) is 3.01. The van der Waals surface area contributed by atoms with Gasteiger partial charge >= 0.3 is 0 Å². The van der Waals surface area contributed by atoms with Gasteiger partial charge in [-0.3, -0.25) is 4.79 Å². The predicted octanol–water partition coefficient (Wildman–Crippen LogP) is 1.59. The van der Waals surface area contributed by atoms with Crippen molar-refractivity contribution >= 4 is 5.91 Å². The van der Waals surface area contributed by atoms with E-state index in [0.717, 1.165) is 0 Å². The average molecular weight is 276 g/mol. The number of benzene rings is 1. The molecule has 3 N–H and O–H groups in total. The van der Waals surface area contributed by atoms with Gasteiger partial charge in [0.1, 0.15) is 0 Å². The molecule has 1 heterocycles. The van der Waals surface area contributed by atoms with Crippen LogP contribution in [0.3, 0.4) is 0 Å². The van der Waals surface area contributed by atoms with Crippen molar-refractivity contribution in [2.75, 3.05) is 19.8 Å². The summed E-state index contributed by atoms with van der Waals surface area (Å²) < 4.78 is 5.27. The van der Waals surface area contributed by atoms with Crippen LogP contribution in [0.4, 0.5) is 0 Å². The van der Waals surface area contributed by atoms with Crippen molar-refractivity contribution in [2.45, 2.75) is 37.6 Å². The SMILES string of the molecule is CC(C)(CNC(=O)C1(N)CCOCC1)c1ccccc1. The van der Waals surface area contributed by atoms with Crippen molar-refractivity contribution in [3.05, 3.63) is 35.9 Å². The summed E-state index contributed by atoms with van der Waals surface area (Å²) in [5.74, 6) is -0.0650. The first-order valence-corrected chi connectivity index (χ1v) is 7.15. The first kappa shape index (κ1) is 15.0. The summed E-state index contributed by atoms with van der Waals surface area (Å²) >= 11 is 0. The van der Waals surface area contributed by atoms with Crippen LogP contribution >= 0.6 is 0 Å². The van der Waals surface area contributed by atoms with Gasteiger partial charge in [0.25, 0.3) is 0 Å². The second-order valence-corrected chi connectivity index (χ2v) is 6.20. The molecule has 0 bridgehead atoms. The van der Waals surface area contributed by atoms with Crippen LogP contribution in [0, 0.1) is 0 Å². The molecular formula is C16H24N2O2. The molecule has 4 nitrogen and oxygen atoms in total. The highest BCUT2D eigenvalue weighted by Gasteiger charge is 2.36. The summed E-state index contributed by atoms with van der Waals surface area (Å²) in [4.78, 5) is 12.3. The lowest BCUT2D eigenvalue weighted by Crippen LogP contribution is -2.58. The number of hydrogen-bond donors (Lipinski definition) is 2. The number of hydrogen-bond acceptors (Lipinski definition) is 3. The molecule has 1 fully saturated rings. The van der Waals surface area contributed by atoms with Crippen molar-refractivity contribution < 1.29 is 9.53 Å². The van der Waals surface area contributed by atoms with Gasteiger partial charge in [-0.2, -0.15) is 0 Å². The van der Waals surface area contributed by atoms with E-state index in [-0.39, 0.29) is 11.3 Å². The van der Waals surface area contributed by atoms with Crippen LogP contribution in [0.25, 0.3) is 0 Å². The molecule has 2 rings (SSSR count). The molecule has 0 radical (unpaired) electrons. The summed E-state index contributed by atoms with van der Waals surface area (Å²) in [5.41, 5.74) is 6.50. The average Bonchev–Trinajstić information content (AvgIpc) is 2.46. The number of carbonyl (C=O) groups is 1. The van der Waals surface area contributed by atoms with E-state index >= 15 is 0 Å². The number of ether oxygens (including phenoxy) is 1. The van der Waals surface area contributed by atoms with Crippen molar-refractivity contribution in [3.8, 4) is 0 Å². The lowest BCUT2D eigenvalue weighted by atomic mass is 9.84. The molecule has 1 saturated heterocycles. The Labute approximate surface area is 120 Å². The number of nitrogens with two attached hydrogens (primary N) is 1. The largest absolute Gasteiger partial charge is 0.381 e. The Bertz CT molecular complexity index is 451. The summed E-state index contributed by atoms with van der Waals surface area (Å²) in [6.07, 6.45) is 1.18. The van der Waals surface area contributed by atoms with Crippen molar-refractivity contribution in [1.82, 2.24) is 5.32 Å². The molecule has 0 unspecified atom stereocenters. The fourth-order valence-corrected chi connectivity index (χ4v) is 2.43. The molecule has 1 amide bonds. The zero-order valence-corrected chi connectivity index (χ0v) is 12.3. The standard InChI is InChI=1S/C16H24N2O2/c1-15(2,13-6-4-3-5-7-13)12-18-14(19)16(17)8-10-20-11-9-16/h3-7H,8-12,17H2,1-2H3,(H,18,19). The van der Waals surface area contributed by atoms with Crippen LogP contribution in [0.2, 0.25) is 0 Å². The maximum absolute atomic E-state index is 12.3. The molecule has 0 spiro atoms. The lowest BCUT2D eigenvalue weighted by molar-refractivity contribution is -0.130. The highest BCUT2D eigenvalue weighted by Crippen LogP contribution is 2.23. The lowest BCUT2D eigenvalue weighted by Gasteiger charge is -2.33. The molecule has 1 aliphatic heterocycles. The molecule has 4 heteroatoms. The topological polar surface area (TPSA) is 64.4 Å². The van der Waals surface area contributed by atoms with Crippen molar-refractivity contribution in [2.24, 2.45) is 5.73 Å². The first-order chi connectivity index (χ1) is 9.44. The summed E-state index contributed by atoms with van der Waals surface area (Å²) in [6.45, 7) is 5.94. The van der Waals surface area contributed by atoms with Crippen molar-refractivity contribution in [1.29, 1.82) is 0 Å². The minimum absolute atomic E-state index is 0.0650. The molecular weight excluding hydrogens is 252 g/mol. The second-order valence-electron chi connectivity index (χ2n) is 6.20. The normalized spacial score (nSPS) is 18.6. The highest BCUT2D eigenvalue weighted by molar-refractivity contribution is 5.86. The van der Waals surface area contributed by atoms with Gasteiger partial charge in [0.05, 0.1) is 5.54 Å². The molecule has 0 aromatic heterocycles. The third-order valence-corrected chi connectivity index (χ3v) is 4.08. The number of rotatable bonds is 4. The molecule has 1 aliphatic rings. The molecule has 0 aliphatic carbocycles. The maximum Gasteiger partial charge on any atom is 0.240 e. The van der Waals surface area contributed by atoms with Crippen LogP contribution in [-0.4, -0.2) is 31.2 Å². The van der Waals surface area contributed by atoms with E-state index in [9.17, 15) is 4.79 Å². The van der Waals surface area contributed by atoms with Gasteiger partial charge in [-0.1, -0.05) is 44.2 Å². The van der Waals surface area contributed by atoms with Gasteiger partial charge in [0, 0.05) is 25.2 Å². The molecule has 0 saturated carbocycles. The van der Waals surface area contributed by atoms with E-state index in [0.29, 0.717) is 32.6 Å². The minimum atomic E-state index is -0.773. The highest BCUT2D eigenvalue weighted by atomic mass is 16.5. The van der Waals surface area contributed by atoms with Gasteiger partial charge < -0.3 is 15.8 Å². The smallest absolute Gasteiger partial charge is 0.240 e. The van der Waals surface area contributed by atoms with E-state index in [1.807, 2.05) is 18.2 Å². The predicted molar refractivity (Wildman–Crippen MR) is 79.4 cm³/mol. The third-order valence-electron chi connectivity index (χ3n) is 4.08. The number of carbonyl (C=O) groups excluding carboxylic acids is 1. The Balaban J connectivity index is 1.96. The maximum atomic E-state index is 12.3. The minimum Gasteiger partial charge on any atom is -0.381 e. The van der Waals surface area contributed by atoms with Gasteiger partial charge in [0.15, 0.2) is 0 Å². The Morgan fingerprint density at radius 3 is 2.50 bits per heavy atom. The van der Waals surface area contributed by atoms with E-state index in [1.54, 1.807) is 0 Å². The Hall–Kier alpha value is -1.39. The molecule has 0 atom stereocenters. The van der Waals surface area contributed by atoms with E-state index in [4.69, 9.17) is 10.5 Å². The summed E-state index contributed by atoms with van der Waals surface area (Å²) in [6, 6.07) is 10.2. The number of nitrogens with one attached hydrogen (secondary N) is 1. The van der Waals surface area contributed by atoms with Gasteiger partial charge in [-0.05, 0) is 18.4 Å². The van der Waals surface area contributed by atoms with Crippen LogP contribution in [-0.2, 0) is 14.9 Å². The van der Waals surface area contributed by atoms with Crippen LogP contribution < -0.4 is 11.1 Å². The monoisotopic (exact) mass is 276 g/mol. The Kier molecular flexibility index (Phi) is 4.45. The van der Waals surface area contributed by atoms with Gasteiger partial charge in [-0.15, -0.1) is 0 Å².